The molecule has 0 aliphatic heterocycles. The summed E-state index contributed by atoms with van der Waals surface area (Å²) in [7, 11) is 1.64. The molecule has 1 heterocycles. The number of benzene rings is 1. The molecular weight excluding hydrogens is 262 g/mol. The summed E-state index contributed by atoms with van der Waals surface area (Å²) in [5.41, 5.74) is 1.96. The number of ether oxygens (including phenoxy) is 1. The molecule has 100 valence electrons. The first kappa shape index (κ1) is 13.6. The zero-order chi connectivity index (χ0) is 13.7. The van der Waals surface area contributed by atoms with Gasteiger partial charge in [-0.3, -0.25) is 0 Å². The maximum absolute atomic E-state index is 11.0. The monoisotopic (exact) mass is 277 g/mol. The third-order valence-electron chi connectivity index (χ3n) is 2.74. The molecule has 4 nitrogen and oxygen atoms in total. The molecule has 0 amide bonds. The van der Waals surface area contributed by atoms with Gasteiger partial charge in [0.05, 0.1) is 7.11 Å². The standard InChI is InChI=1S/C14H15NO3S/c1-18-12-4-2-10(3-5-12)8-15-9-11-6-7-19-13(11)14(16)17/h2-7,15H,8-9H2,1H3,(H,16,17). The Kier molecular flexibility index (Phi) is 4.54. The predicted molar refractivity (Wildman–Crippen MR) is 74.8 cm³/mol. The Morgan fingerprint density at radius 2 is 2.00 bits per heavy atom. The van der Waals surface area contributed by atoms with Crippen molar-refractivity contribution < 1.29 is 14.6 Å². The van der Waals surface area contributed by atoms with Crippen molar-refractivity contribution in [2.75, 3.05) is 7.11 Å². The van der Waals surface area contributed by atoms with Gasteiger partial charge in [0, 0.05) is 13.1 Å². The number of aromatic carboxylic acids is 1. The van der Waals surface area contributed by atoms with Crippen LogP contribution in [0.5, 0.6) is 5.75 Å². The molecule has 0 saturated carbocycles. The van der Waals surface area contributed by atoms with Crippen LogP contribution in [-0.2, 0) is 13.1 Å². The van der Waals surface area contributed by atoms with E-state index in [4.69, 9.17) is 9.84 Å². The van der Waals surface area contributed by atoms with Crippen molar-refractivity contribution in [1.29, 1.82) is 0 Å². The van der Waals surface area contributed by atoms with Crippen molar-refractivity contribution in [1.82, 2.24) is 5.32 Å². The van der Waals surface area contributed by atoms with Gasteiger partial charge in [-0.15, -0.1) is 11.3 Å². The number of nitrogens with one attached hydrogen (secondary N) is 1. The fourth-order valence-electron chi connectivity index (χ4n) is 1.75. The van der Waals surface area contributed by atoms with Crippen molar-refractivity contribution in [3.63, 3.8) is 0 Å². The van der Waals surface area contributed by atoms with Gasteiger partial charge in [0.25, 0.3) is 0 Å². The summed E-state index contributed by atoms with van der Waals surface area (Å²) in [6, 6.07) is 9.62. The van der Waals surface area contributed by atoms with E-state index in [-0.39, 0.29) is 0 Å². The summed E-state index contributed by atoms with van der Waals surface area (Å²) in [5, 5.41) is 14.0. The van der Waals surface area contributed by atoms with Crippen LogP contribution in [0.1, 0.15) is 20.8 Å². The summed E-state index contributed by atoms with van der Waals surface area (Å²) in [5.74, 6) is -0.0361. The zero-order valence-electron chi connectivity index (χ0n) is 10.6. The molecule has 2 rings (SSSR count). The van der Waals surface area contributed by atoms with Gasteiger partial charge in [0.1, 0.15) is 10.6 Å². The van der Waals surface area contributed by atoms with Crippen LogP contribution in [0.4, 0.5) is 0 Å². The second-order valence-corrected chi connectivity index (χ2v) is 4.95. The normalized spacial score (nSPS) is 10.4. The lowest BCUT2D eigenvalue weighted by Gasteiger charge is -2.06. The van der Waals surface area contributed by atoms with E-state index < -0.39 is 5.97 Å². The quantitative estimate of drug-likeness (QED) is 0.852. The molecular formula is C14H15NO3S. The molecule has 0 aliphatic carbocycles. The minimum absolute atomic E-state index is 0.405. The van der Waals surface area contributed by atoms with E-state index in [1.54, 1.807) is 12.5 Å². The number of methoxy groups -OCH3 is 1. The van der Waals surface area contributed by atoms with Crippen LogP contribution < -0.4 is 10.1 Å². The van der Waals surface area contributed by atoms with E-state index in [0.717, 1.165) is 16.9 Å². The van der Waals surface area contributed by atoms with E-state index in [1.165, 1.54) is 11.3 Å². The second-order valence-electron chi connectivity index (χ2n) is 4.03. The largest absolute Gasteiger partial charge is 0.497 e. The van der Waals surface area contributed by atoms with Gasteiger partial charge in [0.15, 0.2) is 0 Å². The first-order valence-electron chi connectivity index (χ1n) is 5.84. The number of hydrogen-bond donors (Lipinski definition) is 2. The van der Waals surface area contributed by atoms with Crippen LogP contribution in [0.2, 0.25) is 0 Å². The highest BCUT2D eigenvalue weighted by atomic mass is 32.1. The lowest BCUT2D eigenvalue weighted by Crippen LogP contribution is -2.14. The van der Waals surface area contributed by atoms with E-state index in [9.17, 15) is 4.79 Å². The lowest BCUT2D eigenvalue weighted by molar-refractivity contribution is 0.0701. The highest BCUT2D eigenvalue weighted by Gasteiger charge is 2.10. The molecule has 19 heavy (non-hydrogen) atoms. The Bertz CT molecular complexity index is 548. The van der Waals surface area contributed by atoms with Crippen LogP contribution in [0, 0.1) is 0 Å². The first-order chi connectivity index (χ1) is 9.20. The summed E-state index contributed by atoms with van der Waals surface area (Å²) in [6.07, 6.45) is 0. The van der Waals surface area contributed by atoms with Gasteiger partial charge in [-0.05, 0) is 34.7 Å². The summed E-state index contributed by atoms with van der Waals surface area (Å²) >= 11 is 1.25. The number of rotatable bonds is 6. The number of carbonyl (C=O) groups is 1. The Hall–Kier alpha value is -1.85. The van der Waals surface area contributed by atoms with Gasteiger partial charge >= 0.3 is 5.97 Å². The maximum Gasteiger partial charge on any atom is 0.346 e. The van der Waals surface area contributed by atoms with Gasteiger partial charge in [-0.1, -0.05) is 12.1 Å². The Morgan fingerprint density at radius 3 is 2.63 bits per heavy atom. The smallest absolute Gasteiger partial charge is 0.346 e. The molecule has 0 spiro atoms. The predicted octanol–water partition coefficient (Wildman–Crippen LogP) is 2.74. The molecule has 0 atom stereocenters. The van der Waals surface area contributed by atoms with Gasteiger partial charge in [-0.25, -0.2) is 4.79 Å². The number of hydrogen-bond acceptors (Lipinski definition) is 4. The first-order valence-corrected chi connectivity index (χ1v) is 6.72. The third-order valence-corrected chi connectivity index (χ3v) is 3.69. The lowest BCUT2D eigenvalue weighted by atomic mass is 10.2. The van der Waals surface area contributed by atoms with Crippen LogP contribution in [-0.4, -0.2) is 18.2 Å². The zero-order valence-corrected chi connectivity index (χ0v) is 11.4. The van der Waals surface area contributed by atoms with Crippen LogP contribution in [0.15, 0.2) is 35.7 Å². The van der Waals surface area contributed by atoms with Crippen LogP contribution in [0.3, 0.4) is 0 Å². The molecule has 0 bridgehead atoms. The molecule has 0 saturated heterocycles. The van der Waals surface area contributed by atoms with Crippen molar-refractivity contribution in [2.24, 2.45) is 0 Å². The van der Waals surface area contributed by atoms with E-state index in [1.807, 2.05) is 30.3 Å². The molecule has 1 aromatic heterocycles. The van der Waals surface area contributed by atoms with Crippen molar-refractivity contribution in [3.05, 3.63) is 51.7 Å². The van der Waals surface area contributed by atoms with Crippen molar-refractivity contribution in [2.45, 2.75) is 13.1 Å². The SMILES string of the molecule is COc1ccc(CNCc2ccsc2C(=O)O)cc1. The molecule has 2 aromatic rings. The van der Waals surface area contributed by atoms with Gasteiger partial charge in [0.2, 0.25) is 0 Å². The minimum Gasteiger partial charge on any atom is -0.497 e. The summed E-state index contributed by atoms with van der Waals surface area (Å²) in [4.78, 5) is 11.4. The molecule has 0 fully saturated rings. The fraction of sp³-hybridized carbons (Fsp3) is 0.214. The highest BCUT2D eigenvalue weighted by molar-refractivity contribution is 7.12. The van der Waals surface area contributed by atoms with Crippen molar-refractivity contribution in [3.8, 4) is 5.75 Å². The molecule has 5 heteroatoms. The molecule has 1 aromatic carbocycles. The average molecular weight is 277 g/mol. The van der Waals surface area contributed by atoms with E-state index in [2.05, 4.69) is 5.32 Å². The van der Waals surface area contributed by atoms with Crippen LogP contribution >= 0.6 is 11.3 Å². The number of thiophene rings is 1. The Balaban J connectivity index is 1.89. The minimum atomic E-state index is -0.865. The summed E-state index contributed by atoms with van der Waals surface area (Å²) in [6.45, 7) is 1.25. The third kappa shape index (κ3) is 3.56. The van der Waals surface area contributed by atoms with Gasteiger partial charge < -0.3 is 15.2 Å². The van der Waals surface area contributed by atoms with Gasteiger partial charge in [-0.2, -0.15) is 0 Å². The van der Waals surface area contributed by atoms with Crippen molar-refractivity contribution >= 4 is 17.3 Å². The van der Waals surface area contributed by atoms with E-state index in [0.29, 0.717) is 18.0 Å². The topological polar surface area (TPSA) is 58.6 Å². The molecule has 0 aliphatic rings. The maximum atomic E-state index is 11.0. The fourth-order valence-corrected chi connectivity index (χ4v) is 2.51. The summed E-state index contributed by atoms with van der Waals surface area (Å²) < 4.78 is 5.09. The molecule has 0 unspecified atom stereocenters. The number of carboxylic acids is 1. The van der Waals surface area contributed by atoms with E-state index >= 15 is 0 Å². The Labute approximate surface area is 115 Å². The molecule has 0 radical (unpaired) electrons. The highest BCUT2D eigenvalue weighted by Crippen LogP contribution is 2.17. The second kappa shape index (κ2) is 6.36. The Morgan fingerprint density at radius 1 is 1.26 bits per heavy atom. The number of carboxylic acid groups (broad SMARTS) is 1. The van der Waals surface area contributed by atoms with Crippen LogP contribution in [0.25, 0.3) is 0 Å². The average Bonchev–Trinajstić information content (AvgIpc) is 2.88. The molecule has 2 N–H and O–H groups in total.